The zero-order valence-corrected chi connectivity index (χ0v) is 11.4. The van der Waals surface area contributed by atoms with Gasteiger partial charge >= 0.3 is 12.1 Å². The first-order valence-corrected chi connectivity index (χ1v) is 6.02. The lowest BCUT2D eigenvalue weighted by atomic mass is 10.2. The fourth-order valence-electron chi connectivity index (χ4n) is 1.40. The van der Waals surface area contributed by atoms with Gasteiger partial charge < -0.3 is 14.6 Å². The van der Waals surface area contributed by atoms with E-state index in [1.807, 2.05) is 13.8 Å². The molecular weight excluding hydrogens is 262 g/mol. The average Bonchev–Trinajstić information content (AvgIpc) is 2.37. The normalized spacial score (nSPS) is 9.95. The van der Waals surface area contributed by atoms with Crippen molar-refractivity contribution < 1.29 is 24.2 Å². The largest absolute Gasteiger partial charge is 0.489 e. The highest BCUT2D eigenvalue weighted by atomic mass is 16.5. The summed E-state index contributed by atoms with van der Waals surface area (Å²) in [6, 6.07) is 4.21. The molecule has 0 aliphatic carbocycles. The Labute approximate surface area is 117 Å². The van der Waals surface area contributed by atoms with Crippen molar-refractivity contribution in [1.82, 2.24) is 0 Å². The van der Waals surface area contributed by atoms with E-state index in [2.05, 4.69) is 11.9 Å². The maximum absolute atomic E-state index is 11.5. The quantitative estimate of drug-likeness (QED) is 0.782. The van der Waals surface area contributed by atoms with Gasteiger partial charge in [0.05, 0.1) is 17.4 Å². The van der Waals surface area contributed by atoms with Crippen LogP contribution >= 0.6 is 0 Å². The second-order valence-corrected chi connectivity index (χ2v) is 4.19. The summed E-state index contributed by atoms with van der Waals surface area (Å²) < 4.78 is 10.3. The summed E-state index contributed by atoms with van der Waals surface area (Å²) in [7, 11) is 0. The van der Waals surface area contributed by atoms with E-state index in [4.69, 9.17) is 14.6 Å². The van der Waals surface area contributed by atoms with Crippen molar-refractivity contribution in [3.8, 4) is 5.75 Å². The molecule has 0 aliphatic rings. The second kappa shape index (κ2) is 7.18. The third kappa shape index (κ3) is 4.64. The van der Waals surface area contributed by atoms with Gasteiger partial charge in [0.2, 0.25) is 0 Å². The SMILES string of the molecule is C=CCOC(=O)Nc1cc(C(=O)O)ccc1OC(C)C. The number of carbonyl (C=O) groups excluding carboxylic acids is 1. The molecule has 1 aromatic carbocycles. The molecule has 108 valence electrons. The summed E-state index contributed by atoms with van der Waals surface area (Å²) in [5.74, 6) is -0.718. The van der Waals surface area contributed by atoms with Crippen LogP contribution in [0.2, 0.25) is 0 Å². The van der Waals surface area contributed by atoms with E-state index >= 15 is 0 Å². The number of carboxylic acids is 1. The molecule has 1 amide bonds. The van der Waals surface area contributed by atoms with Crippen molar-refractivity contribution in [3.63, 3.8) is 0 Å². The van der Waals surface area contributed by atoms with Gasteiger partial charge in [-0.05, 0) is 32.0 Å². The number of nitrogens with one attached hydrogen (secondary N) is 1. The van der Waals surface area contributed by atoms with Crippen molar-refractivity contribution in [2.45, 2.75) is 20.0 Å². The smallest absolute Gasteiger partial charge is 0.412 e. The molecule has 0 heterocycles. The highest BCUT2D eigenvalue weighted by Crippen LogP contribution is 2.27. The van der Waals surface area contributed by atoms with Crippen LogP contribution in [0.25, 0.3) is 0 Å². The molecule has 1 rings (SSSR count). The Balaban J connectivity index is 2.98. The van der Waals surface area contributed by atoms with E-state index in [1.165, 1.54) is 24.3 Å². The highest BCUT2D eigenvalue weighted by Gasteiger charge is 2.13. The van der Waals surface area contributed by atoms with Crippen LogP contribution < -0.4 is 10.1 Å². The van der Waals surface area contributed by atoms with Crippen LogP contribution in [0.4, 0.5) is 10.5 Å². The Hall–Kier alpha value is -2.50. The molecule has 0 bridgehead atoms. The number of carboxylic acid groups (broad SMARTS) is 1. The molecule has 2 N–H and O–H groups in total. The zero-order chi connectivity index (χ0) is 15.1. The number of benzene rings is 1. The summed E-state index contributed by atoms with van der Waals surface area (Å²) in [4.78, 5) is 22.5. The van der Waals surface area contributed by atoms with Crippen molar-refractivity contribution in [1.29, 1.82) is 0 Å². The summed E-state index contributed by atoms with van der Waals surface area (Å²) >= 11 is 0. The fraction of sp³-hybridized carbons (Fsp3) is 0.286. The van der Waals surface area contributed by atoms with Gasteiger partial charge in [-0.25, -0.2) is 9.59 Å². The number of ether oxygens (including phenoxy) is 2. The van der Waals surface area contributed by atoms with E-state index in [0.29, 0.717) is 5.75 Å². The average molecular weight is 279 g/mol. The Morgan fingerprint density at radius 2 is 2.15 bits per heavy atom. The number of anilines is 1. The summed E-state index contributed by atoms with van der Waals surface area (Å²) in [5, 5.41) is 11.4. The van der Waals surface area contributed by atoms with Crippen molar-refractivity contribution in [2.24, 2.45) is 0 Å². The summed E-state index contributed by atoms with van der Waals surface area (Å²) in [5.41, 5.74) is 0.285. The maximum atomic E-state index is 11.5. The molecule has 20 heavy (non-hydrogen) atoms. The molecule has 0 saturated carbocycles. The number of carbonyl (C=O) groups is 2. The Kier molecular flexibility index (Phi) is 5.58. The van der Waals surface area contributed by atoms with E-state index in [1.54, 1.807) is 0 Å². The van der Waals surface area contributed by atoms with Crippen LogP contribution in [0, 0.1) is 0 Å². The van der Waals surface area contributed by atoms with Gasteiger partial charge in [0.25, 0.3) is 0 Å². The minimum Gasteiger partial charge on any atom is -0.489 e. The lowest BCUT2D eigenvalue weighted by Crippen LogP contribution is -2.16. The van der Waals surface area contributed by atoms with Crippen LogP contribution in [0.3, 0.4) is 0 Å². The maximum Gasteiger partial charge on any atom is 0.412 e. The Morgan fingerprint density at radius 3 is 2.70 bits per heavy atom. The van der Waals surface area contributed by atoms with E-state index < -0.39 is 12.1 Å². The van der Waals surface area contributed by atoms with Gasteiger partial charge in [-0.2, -0.15) is 0 Å². The molecule has 0 unspecified atom stereocenters. The number of aromatic carboxylic acids is 1. The summed E-state index contributed by atoms with van der Waals surface area (Å²) in [6.45, 7) is 7.14. The predicted molar refractivity (Wildman–Crippen MR) is 74.3 cm³/mol. The molecule has 0 saturated heterocycles. The molecule has 0 atom stereocenters. The van der Waals surface area contributed by atoms with E-state index in [-0.39, 0.29) is 24.0 Å². The minimum absolute atomic E-state index is 0.0418. The first-order chi connectivity index (χ1) is 9.43. The monoisotopic (exact) mass is 279 g/mol. The van der Waals surface area contributed by atoms with Gasteiger partial charge in [0.15, 0.2) is 0 Å². The van der Waals surface area contributed by atoms with Crippen LogP contribution in [0.5, 0.6) is 5.75 Å². The highest BCUT2D eigenvalue weighted by molar-refractivity contribution is 5.93. The number of hydrogen-bond acceptors (Lipinski definition) is 4. The zero-order valence-electron chi connectivity index (χ0n) is 11.4. The number of amides is 1. The van der Waals surface area contributed by atoms with Gasteiger partial charge in [-0.15, -0.1) is 0 Å². The summed E-state index contributed by atoms with van der Waals surface area (Å²) in [6.07, 6.45) is 0.607. The van der Waals surface area contributed by atoms with Crippen LogP contribution in [0.1, 0.15) is 24.2 Å². The molecule has 0 aromatic heterocycles. The Bertz CT molecular complexity index is 510. The fourth-order valence-corrected chi connectivity index (χ4v) is 1.40. The van der Waals surface area contributed by atoms with Crippen molar-refractivity contribution in [2.75, 3.05) is 11.9 Å². The van der Waals surface area contributed by atoms with Gasteiger partial charge in [-0.1, -0.05) is 12.7 Å². The lowest BCUT2D eigenvalue weighted by molar-refractivity contribution is 0.0696. The molecule has 6 heteroatoms. The third-order valence-corrected chi connectivity index (χ3v) is 2.16. The lowest BCUT2D eigenvalue weighted by Gasteiger charge is -2.15. The van der Waals surface area contributed by atoms with Gasteiger partial charge in [0.1, 0.15) is 12.4 Å². The van der Waals surface area contributed by atoms with Crippen molar-refractivity contribution >= 4 is 17.7 Å². The molecule has 0 fully saturated rings. The first-order valence-electron chi connectivity index (χ1n) is 6.02. The minimum atomic E-state index is -1.09. The van der Waals surface area contributed by atoms with Gasteiger partial charge in [0, 0.05) is 0 Å². The van der Waals surface area contributed by atoms with E-state index in [0.717, 1.165) is 0 Å². The molecule has 0 radical (unpaired) electrons. The van der Waals surface area contributed by atoms with E-state index in [9.17, 15) is 9.59 Å². The third-order valence-electron chi connectivity index (χ3n) is 2.16. The number of rotatable bonds is 6. The predicted octanol–water partition coefficient (Wildman–Crippen LogP) is 2.91. The second-order valence-electron chi connectivity index (χ2n) is 4.19. The molecule has 0 spiro atoms. The molecule has 6 nitrogen and oxygen atoms in total. The first kappa shape index (κ1) is 15.6. The van der Waals surface area contributed by atoms with Gasteiger partial charge in [-0.3, -0.25) is 5.32 Å². The number of hydrogen-bond donors (Lipinski definition) is 2. The van der Waals surface area contributed by atoms with Crippen LogP contribution in [-0.4, -0.2) is 29.9 Å². The van der Waals surface area contributed by atoms with Crippen molar-refractivity contribution in [3.05, 3.63) is 36.4 Å². The Morgan fingerprint density at radius 1 is 1.45 bits per heavy atom. The van der Waals surface area contributed by atoms with Crippen LogP contribution in [-0.2, 0) is 4.74 Å². The standard InChI is InChI=1S/C14H17NO5/c1-4-7-19-14(18)15-11-8-10(13(16)17)5-6-12(11)20-9(2)3/h4-6,8-9H,1,7H2,2-3H3,(H,15,18)(H,16,17). The topological polar surface area (TPSA) is 84.9 Å². The molecular formula is C14H17NO5. The molecule has 1 aromatic rings. The van der Waals surface area contributed by atoms with Crippen LogP contribution in [0.15, 0.2) is 30.9 Å². The molecule has 0 aliphatic heterocycles.